The van der Waals surface area contributed by atoms with E-state index < -0.39 is 0 Å². The summed E-state index contributed by atoms with van der Waals surface area (Å²) >= 11 is 0. The van der Waals surface area contributed by atoms with E-state index in [4.69, 9.17) is 0 Å². The van der Waals surface area contributed by atoms with Gasteiger partial charge in [-0.05, 0) is 120 Å². The lowest BCUT2D eigenvalue weighted by molar-refractivity contribution is 0.289. The molecule has 0 amide bonds. The number of hydrogen-bond donors (Lipinski definition) is 0. The van der Waals surface area contributed by atoms with Gasteiger partial charge in [-0.3, -0.25) is 0 Å². The first-order valence-electron chi connectivity index (χ1n) is 12.9. The standard InChI is InChI=1S/C33H38/c1-22-11-13-26(14-12-22)18-27-15-16-28-20-31(21-30(28)19-27)32-10-6-9-29(32)17-25(4)33-23(2)7-5-8-24(33)3/h5,7-10,15-16,19,21-22,26H,4,6,11-14,17-18,20H2,1-3H3. The van der Waals surface area contributed by atoms with E-state index in [-0.39, 0.29) is 0 Å². The van der Waals surface area contributed by atoms with Crippen LogP contribution in [0.5, 0.6) is 0 Å². The molecule has 0 nitrogen and oxygen atoms in total. The van der Waals surface area contributed by atoms with Crippen LogP contribution < -0.4 is 0 Å². The summed E-state index contributed by atoms with van der Waals surface area (Å²) in [5, 5.41) is 0. The number of allylic oxidation sites excluding steroid dienone is 6. The maximum atomic E-state index is 4.49. The number of aryl methyl sites for hydroxylation is 2. The lowest BCUT2D eigenvalue weighted by Gasteiger charge is -2.26. The van der Waals surface area contributed by atoms with Crippen LogP contribution in [0.25, 0.3) is 11.6 Å². The van der Waals surface area contributed by atoms with Gasteiger partial charge in [0.1, 0.15) is 0 Å². The Hall–Kier alpha value is -2.60. The summed E-state index contributed by atoms with van der Waals surface area (Å²) in [7, 11) is 0. The molecule has 0 N–H and O–H groups in total. The van der Waals surface area contributed by atoms with Gasteiger partial charge in [0.15, 0.2) is 0 Å². The molecule has 0 aromatic heterocycles. The zero-order valence-corrected chi connectivity index (χ0v) is 20.7. The van der Waals surface area contributed by atoms with Crippen LogP contribution in [0.15, 0.2) is 71.8 Å². The van der Waals surface area contributed by atoms with Gasteiger partial charge in [-0.15, -0.1) is 0 Å². The third kappa shape index (κ3) is 4.72. The Labute approximate surface area is 200 Å². The van der Waals surface area contributed by atoms with Crippen LogP contribution in [0.1, 0.15) is 78.8 Å². The lowest BCUT2D eigenvalue weighted by atomic mass is 9.80. The second kappa shape index (κ2) is 9.34. The van der Waals surface area contributed by atoms with E-state index >= 15 is 0 Å². The average Bonchev–Trinajstić information content (AvgIpc) is 3.41. The van der Waals surface area contributed by atoms with Gasteiger partial charge >= 0.3 is 0 Å². The van der Waals surface area contributed by atoms with Gasteiger partial charge < -0.3 is 0 Å². The minimum absolute atomic E-state index is 0.882. The fourth-order valence-electron chi connectivity index (χ4n) is 6.31. The Morgan fingerprint density at radius 2 is 1.73 bits per heavy atom. The summed E-state index contributed by atoms with van der Waals surface area (Å²) < 4.78 is 0. The van der Waals surface area contributed by atoms with Crippen molar-refractivity contribution >= 4 is 11.6 Å². The Morgan fingerprint density at radius 3 is 2.48 bits per heavy atom. The molecule has 33 heavy (non-hydrogen) atoms. The van der Waals surface area contributed by atoms with Crippen molar-refractivity contribution in [3.8, 4) is 0 Å². The van der Waals surface area contributed by atoms with Crippen molar-refractivity contribution in [2.24, 2.45) is 11.8 Å². The molecule has 0 aliphatic heterocycles. The molecule has 5 rings (SSSR count). The minimum atomic E-state index is 0.882. The van der Waals surface area contributed by atoms with Crippen LogP contribution >= 0.6 is 0 Å². The molecule has 0 atom stereocenters. The van der Waals surface area contributed by atoms with Crippen LogP contribution in [-0.2, 0) is 12.8 Å². The number of rotatable bonds is 6. The Balaban J connectivity index is 1.29. The molecular weight excluding hydrogens is 396 g/mol. The van der Waals surface area contributed by atoms with Crippen molar-refractivity contribution in [3.63, 3.8) is 0 Å². The molecule has 3 aliphatic carbocycles. The molecule has 3 aliphatic rings. The van der Waals surface area contributed by atoms with Gasteiger partial charge in [0.2, 0.25) is 0 Å². The molecule has 1 fully saturated rings. The summed E-state index contributed by atoms with van der Waals surface area (Å²) in [5.74, 6) is 1.81. The van der Waals surface area contributed by atoms with E-state index in [1.165, 1.54) is 87.8 Å². The fraction of sp³-hybridized carbons (Fsp3) is 0.394. The molecule has 0 bridgehead atoms. The van der Waals surface area contributed by atoms with Crippen LogP contribution in [0, 0.1) is 25.7 Å². The predicted molar refractivity (Wildman–Crippen MR) is 143 cm³/mol. The van der Waals surface area contributed by atoms with Gasteiger partial charge in [-0.25, -0.2) is 0 Å². The monoisotopic (exact) mass is 434 g/mol. The molecule has 0 heteroatoms. The van der Waals surface area contributed by atoms with Gasteiger partial charge in [-0.2, -0.15) is 0 Å². The average molecular weight is 435 g/mol. The Kier molecular flexibility index (Phi) is 6.28. The third-order valence-corrected chi connectivity index (χ3v) is 8.20. The van der Waals surface area contributed by atoms with Crippen molar-refractivity contribution in [2.75, 3.05) is 0 Å². The topological polar surface area (TPSA) is 0 Å². The van der Waals surface area contributed by atoms with E-state index in [0.717, 1.165) is 31.1 Å². The van der Waals surface area contributed by atoms with E-state index in [1.807, 2.05) is 0 Å². The second-order valence-electron chi connectivity index (χ2n) is 10.8. The molecule has 0 radical (unpaired) electrons. The first kappa shape index (κ1) is 22.2. The lowest BCUT2D eigenvalue weighted by Crippen LogP contribution is -2.14. The van der Waals surface area contributed by atoms with Gasteiger partial charge in [0, 0.05) is 0 Å². The largest absolute Gasteiger partial charge is 0.0949 e. The SMILES string of the molecule is C=C(CC1=CCC=C1C1=Cc2cc(CC3CCC(C)CC3)ccc2C1)c1c(C)cccc1C. The highest BCUT2D eigenvalue weighted by Crippen LogP contribution is 2.40. The first-order chi connectivity index (χ1) is 16.0. The number of hydrogen-bond acceptors (Lipinski definition) is 0. The highest BCUT2D eigenvalue weighted by molar-refractivity contribution is 5.76. The molecule has 0 heterocycles. The summed E-state index contributed by atoms with van der Waals surface area (Å²) in [6, 6.07) is 13.8. The molecule has 170 valence electrons. The maximum absolute atomic E-state index is 4.49. The van der Waals surface area contributed by atoms with Crippen molar-refractivity contribution < 1.29 is 0 Å². The van der Waals surface area contributed by atoms with Crippen LogP contribution in [0.4, 0.5) is 0 Å². The summed E-state index contributed by atoms with van der Waals surface area (Å²) in [6.07, 6.45) is 17.3. The van der Waals surface area contributed by atoms with Crippen LogP contribution in [-0.4, -0.2) is 0 Å². The van der Waals surface area contributed by atoms with E-state index in [1.54, 1.807) is 0 Å². The number of benzene rings is 2. The summed E-state index contributed by atoms with van der Waals surface area (Å²) in [5.41, 5.74) is 14.1. The molecule has 2 aromatic rings. The van der Waals surface area contributed by atoms with Crippen molar-refractivity contribution in [2.45, 2.75) is 72.1 Å². The zero-order valence-electron chi connectivity index (χ0n) is 20.7. The minimum Gasteiger partial charge on any atom is -0.0949 e. The van der Waals surface area contributed by atoms with E-state index in [0.29, 0.717) is 0 Å². The summed E-state index contributed by atoms with van der Waals surface area (Å²) in [6.45, 7) is 11.3. The smallest absolute Gasteiger partial charge is 0.00137 e. The first-order valence-corrected chi connectivity index (χ1v) is 12.9. The van der Waals surface area contributed by atoms with Crippen molar-refractivity contribution in [1.82, 2.24) is 0 Å². The molecule has 0 saturated heterocycles. The van der Waals surface area contributed by atoms with Crippen molar-refractivity contribution in [1.29, 1.82) is 0 Å². The maximum Gasteiger partial charge on any atom is -0.00137 e. The third-order valence-electron chi connectivity index (χ3n) is 8.20. The Bertz CT molecular complexity index is 1140. The highest BCUT2D eigenvalue weighted by Gasteiger charge is 2.23. The molecular formula is C33H38. The normalized spacial score (nSPS) is 22.0. The Morgan fingerprint density at radius 1 is 0.970 bits per heavy atom. The van der Waals surface area contributed by atoms with E-state index in [9.17, 15) is 0 Å². The van der Waals surface area contributed by atoms with E-state index in [2.05, 4.69) is 82.0 Å². The zero-order chi connectivity index (χ0) is 22.9. The summed E-state index contributed by atoms with van der Waals surface area (Å²) in [4.78, 5) is 0. The van der Waals surface area contributed by atoms with Gasteiger partial charge in [-0.1, -0.05) is 81.0 Å². The van der Waals surface area contributed by atoms with Gasteiger partial charge in [0.05, 0.1) is 0 Å². The molecule has 2 aromatic carbocycles. The number of fused-ring (bicyclic) bond motifs is 1. The molecule has 0 unspecified atom stereocenters. The quantitative estimate of drug-likeness (QED) is 0.425. The molecule has 0 spiro atoms. The molecule has 1 saturated carbocycles. The predicted octanol–water partition coefficient (Wildman–Crippen LogP) is 8.97. The highest BCUT2D eigenvalue weighted by atomic mass is 14.3. The fourth-order valence-corrected chi connectivity index (χ4v) is 6.31. The van der Waals surface area contributed by atoms with Crippen LogP contribution in [0.2, 0.25) is 0 Å². The van der Waals surface area contributed by atoms with Crippen molar-refractivity contribution in [3.05, 3.63) is 105 Å². The van der Waals surface area contributed by atoms with Crippen LogP contribution in [0.3, 0.4) is 0 Å². The van der Waals surface area contributed by atoms with Gasteiger partial charge in [0.25, 0.3) is 0 Å². The second-order valence-corrected chi connectivity index (χ2v) is 10.8.